The summed E-state index contributed by atoms with van der Waals surface area (Å²) in [6.07, 6.45) is 2.99. The van der Waals surface area contributed by atoms with Gasteiger partial charge in [-0.2, -0.15) is 10.2 Å². The van der Waals surface area contributed by atoms with Gasteiger partial charge in [-0.15, -0.1) is 0 Å². The Morgan fingerprint density at radius 1 is 0.925 bits per heavy atom. The van der Waals surface area contributed by atoms with Gasteiger partial charge in [0.05, 0.1) is 37.4 Å². The van der Waals surface area contributed by atoms with E-state index in [1.807, 2.05) is 49.4 Å². The number of carbonyl (C=O) groups excluding carboxylic acids is 1. The lowest BCUT2D eigenvalue weighted by Crippen LogP contribution is -2.41. The SMILES string of the molecule is CNC(=O)N1N=C(c2ccc(-n3nc(-c4ccccc4)cc3C3CC3)cc2)c2cc(OC)c(OC)cc2CC1C. The Morgan fingerprint density at radius 3 is 2.27 bits per heavy atom. The van der Waals surface area contributed by atoms with Gasteiger partial charge >= 0.3 is 6.03 Å². The van der Waals surface area contributed by atoms with Crippen molar-refractivity contribution in [2.75, 3.05) is 21.3 Å². The van der Waals surface area contributed by atoms with Gasteiger partial charge in [0.25, 0.3) is 0 Å². The first kappa shape index (κ1) is 25.7. The number of aromatic nitrogens is 2. The number of hydrogen-bond donors (Lipinski definition) is 1. The van der Waals surface area contributed by atoms with Gasteiger partial charge in [-0.05, 0) is 62.1 Å². The number of urea groups is 1. The molecule has 1 saturated carbocycles. The molecule has 0 spiro atoms. The smallest absolute Gasteiger partial charge is 0.337 e. The van der Waals surface area contributed by atoms with Crippen molar-refractivity contribution in [2.24, 2.45) is 5.10 Å². The number of rotatable bonds is 6. The second-order valence-electron chi connectivity index (χ2n) is 10.3. The molecule has 3 aromatic carbocycles. The molecular formula is C32H33N5O3. The summed E-state index contributed by atoms with van der Waals surface area (Å²) in [6, 6.07) is 24.3. The van der Waals surface area contributed by atoms with Crippen molar-refractivity contribution in [2.45, 2.75) is 38.1 Å². The quantitative estimate of drug-likeness (QED) is 0.340. The van der Waals surface area contributed by atoms with Crippen molar-refractivity contribution >= 4 is 11.7 Å². The van der Waals surface area contributed by atoms with Crippen molar-refractivity contribution in [1.82, 2.24) is 20.1 Å². The third-order valence-electron chi connectivity index (χ3n) is 7.61. The van der Waals surface area contributed by atoms with E-state index in [0.717, 1.165) is 33.6 Å². The van der Waals surface area contributed by atoms with Gasteiger partial charge in [0.2, 0.25) is 0 Å². The van der Waals surface area contributed by atoms with Crippen LogP contribution >= 0.6 is 0 Å². The van der Waals surface area contributed by atoms with Gasteiger partial charge in [0.1, 0.15) is 0 Å². The highest BCUT2D eigenvalue weighted by molar-refractivity contribution is 6.14. The molecule has 1 atom stereocenters. The zero-order chi connectivity index (χ0) is 27.8. The number of fused-ring (bicyclic) bond motifs is 1. The van der Waals surface area contributed by atoms with Gasteiger partial charge in [0, 0.05) is 35.3 Å². The molecule has 1 aliphatic heterocycles. The van der Waals surface area contributed by atoms with Crippen LogP contribution in [0.25, 0.3) is 16.9 Å². The van der Waals surface area contributed by atoms with Gasteiger partial charge in [-0.1, -0.05) is 42.5 Å². The van der Waals surface area contributed by atoms with Crippen LogP contribution in [0.3, 0.4) is 0 Å². The molecule has 2 aliphatic rings. The Kier molecular flexibility index (Phi) is 6.76. The first-order valence-corrected chi connectivity index (χ1v) is 13.6. The molecule has 0 bridgehead atoms. The number of methoxy groups -OCH3 is 2. The van der Waals surface area contributed by atoms with Crippen molar-refractivity contribution in [3.63, 3.8) is 0 Å². The van der Waals surface area contributed by atoms with E-state index < -0.39 is 0 Å². The van der Waals surface area contributed by atoms with Crippen LogP contribution in [0.5, 0.6) is 11.5 Å². The highest BCUT2D eigenvalue weighted by Crippen LogP contribution is 2.42. The average Bonchev–Trinajstić information content (AvgIpc) is 3.77. The fourth-order valence-corrected chi connectivity index (χ4v) is 5.33. The van der Waals surface area contributed by atoms with Gasteiger partial charge < -0.3 is 14.8 Å². The molecule has 1 N–H and O–H groups in total. The molecular weight excluding hydrogens is 502 g/mol. The molecule has 0 saturated heterocycles. The minimum Gasteiger partial charge on any atom is -0.493 e. The summed E-state index contributed by atoms with van der Waals surface area (Å²) >= 11 is 0. The highest BCUT2D eigenvalue weighted by atomic mass is 16.5. The Hall–Kier alpha value is -4.59. The summed E-state index contributed by atoms with van der Waals surface area (Å²) in [5, 5.41) is 14.1. The van der Waals surface area contributed by atoms with E-state index in [9.17, 15) is 4.79 Å². The summed E-state index contributed by atoms with van der Waals surface area (Å²) in [5.74, 6) is 1.80. The van der Waals surface area contributed by atoms with Crippen LogP contribution in [0.1, 0.15) is 48.1 Å². The second-order valence-corrected chi connectivity index (χ2v) is 10.3. The molecule has 1 aliphatic carbocycles. The zero-order valence-corrected chi connectivity index (χ0v) is 23.2. The molecule has 2 heterocycles. The maximum Gasteiger partial charge on any atom is 0.337 e. The van der Waals surface area contributed by atoms with Crippen molar-refractivity contribution in [3.05, 3.63) is 95.2 Å². The number of hydrazone groups is 1. The van der Waals surface area contributed by atoms with E-state index >= 15 is 0 Å². The zero-order valence-electron chi connectivity index (χ0n) is 23.2. The van der Waals surface area contributed by atoms with E-state index in [1.54, 1.807) is 21.3 Å². The number of amides is 2. The standard InChI is InChI=1S/C32H33N5O3/c1-20-16-24-17-29(39-3)30(40-4)18-26(24)31(35-36(20)32(38)33-2)23-12-14-25(15-13-23)37-28(22-10-11-22)19-27(34-37)21-8-6-5-7-9-21/h5-9,12-15,17-20,22H,10-11,16H2,1-4H3,(H,33,38). The predicted molar refractivity (Wildman–Crippen MR) is 156 cm³/mol. The predicted octanol–water partition coefficient (Wildman–Crippen LogP) is 5.77. The largest absolute Gasteiger partial charge is 0.493 e. The molecule has 2 amide bonds. The average molecular weight is 536 g/mol. The number of nitrogens with one attached hydrogen (secondary N) is 1. The maximum atomic E-state index is 12.8. The van der Waals surface area contributed by atoms with Crippen LogP contribution in [-0.4, -0.2) is 53.8 Å². The first-order chi connectivity index (χ1) is 19.5. The van der Waals surface area contributed by atoms with Crippen LogP contribution in [0.15, 0.2) is 77.9 Å². The Bertz CT molecular complexity index is 1570. The van der Waals surface area contributed by atoms with Crippen molar-refractivity contribution in [1.29, 1.82) is 0 Å². The third kappa shape index (κ3) is 4.70. The normalized spacial score (nSPS) is 16.6. The summed E-state index contributed by atoms with van der Waals surface area (Å²) in [7, 11) is 4.87. The van der Waals surface area contributed by atoms with Crippen LogP contribution in [-0.2, 0) is 6.42 Å². The van der Waals surface area contributed by atoms with Crippen LogP contribution in [0.2, 0.25) is 0 Å². The molecule has 40 heavy (non-hydrogen) atoms. The Labute approximate surface area is 234 Å². The van der Waals surface area contributed by atoms with E-state index in [4.69, 9.17) is 19.7 Å². The summed E-state index contributed by atoms with van der Waals surface area (Å²) < 4.78 is 13.3. The summed E-state index contributed by atoms with van der Waals surface area (Å²) in [5.41, 5.74) is 7.85. The van der Waals surface area contributed by atoms with E-state index in [2.05, 4.69) is 40.3 Å². The second kappa shape index (κ2) is 10.5. The van der Waals surface area contributed by atoms with Crippen LogP contribution < -0.4 is 14.8 Å². The Balaban J connectivity index is 1.43. The molecule has 8 heteroatoms. The molecule has 8 nitrogen and oxygen atoms in total. The fraction of sp³-hybridized carbons (Fsp3) is 0.281. The van der Waals surface area contributed by atoms with Crippen molar-refractivity contribution in [3.8, 4) is 28.4 Å². The Morgan fingerprint density at radius 2 is 1.62 bits per heavy atom. The number of ether oxygens (including phenoxy) is 2. The molecule has 6 rings (SSSR count). The maximum absolute atomic E-state index is 12.8. The lowest BCUT2D eigenvalue weighted by Gasteiger charge is -2.22. The third-order valence-corrected chi connectivity index (χ3v) is 7.61. The van der Waals surface area contributed by atoms with E-state index in [-0.39, 0.29) is 12.1 Å². The van der Waals surface area contributed by atoms with Crippen LogP contribution in [0, 0.1) is 0 Å². The van der Waals surface area contributed by atoms with Gasteiger partial charge in [-0.25, -0.2) is 14.5 Å². The van der Waals surface area contributed by atoms with E-state index in [1.165, 1.54) is 23.5 Å². The number of hydrogen-bond acceptors (Lipinski definition) is 5. The van der Waals surface area contributed by atoms with Crippen LogP contribution in [0.4, 0.5) is 4.79 Å². The number of nitrogens with zero attached hydrogens (tertiary/aromatic N) is 4. The molecule has 204 valence electrons. The minimum atomic E-state index is -0.257. The van der Waals surface area contributed by atoms with Crippen molar-refractivity contribution < 1.29 is 14.3 Å². The molecule has 1 fully saturated rings. The van der Waals surface area contributed by atoms with Gasteiger partial charge in [0.15, 0.2) is 11.5 Å². The highest BCUT2D eigenvalue weighted by Gasteiger charge is 2.30. The fourth-order valence-electron chi connectivity index (χ4n) is 5.33. The molecule has 4 aromatic rings. The monoisotopic (exact) mass is 535 g/mol. The van der Waals surface area contributed by atoms with Gasteiger partial charge in [-0.3, -0.25) is 0 Å². The minimum absolute atomic E-state index is 0.157. The topological polar surface area (TPSA) is 81.0 Å². The lowest BCUT2D eigenvalue weighted by molar-refractivity contribution is 0.184. The first-order valence-electron chi connectivity index (χ1n) is 13.6. The molecule has 1 aromatic heterocycles. The van der Waals surface area contributed by atoms with E-state index in [0.29, 0.717) is 29.5 Å². The molecule has 0 radical (unpaired) electrons. The number of benzene rings is 3. The summed E-state index contributed by atoms with van der Waals surface area (Å²) in [4.78, 5) is 12.8. The lowest BCUT2D eigenvalue weighted by atomic mass is 9.94. The molecule has 1 unspecified atom stereocenters. The number of carbonyl (C=O) groups is 1. The summed E-state index contributed by atoms with van der Waals surface area (Å²) in [6.45, 7) is 1.99.